The predicted molar refractivity (Wildman–Crippen MR) is 199 cm³/mol. The van der Waals surface area contributed by atoms with E-state index in [2.05, 4.69) is 20.9 Å². The second-order valence-electron chi connectivity index (χ2n) is 12.7. The highest BCUT2D eigenvalue weighted by molar-refractivity contribution is 6.09. The molecular formula is C39H40N8O5. The second-order valence-corrected chi connectivity index (χ2v) is 12.7. The molecule has 13 nitrogen and oxygen atoms in total. The Labute approximate surface area is 300 Å². The third-order valence-electron chi connectivity index (χ3n) is 8.96. The number of amides is 3. The first-order chi connectivity index (χ1) is 25.0. The number of fused-ring (bicyclic) bond motifs is 1. The summed E-state index contributed by atoms with van der Waals surface area (Å²) in [5.41, 5.74) is 14.7. The zero-order valence-electron chi connectivity index (χ0n) is 28.6. The average molecular weight is 701 g/mol. The summed E-state index contributed by atoms with van der Waals surface area (Å²) in [6, 6.07) is 25.3. The number of aromatic nitrogens is 3. The zero-order chi connectivity index (χ0) is 36.8. The number of carbonyl (C=O) groups excluding carboxylic acids is 3. The van der Waals surface area contributed by atoms with Crippen molar-refractivity contribution < 1.29 is 24.6 Å². The van der Waals surface area contributed by atoms with E-state index in [0.29, 0.717) is 70.2 Å². The van der Waals surface area contributed by atoms with Crippen molar-refractivity contribution in [2.24, 2.45) is 5.92 Å². The molecule has 0 unspecified atom stereocenters. The number of benzene rings is 4. The number of aliphatic hydroxyl groups excluding tert-OH is 1. The first kappa shape index (κ1) is 35.5. The van der Waals surface area contributed by atoms with Crippen molar-refractivity contribution >= 4 is 46.2 Å². The van der Waals surface area contributed by atoms with E-state index in [9.17, 15) is 19.5 Å². The predicted octanol–water partition coefficient (Wildman–Crippen LogP) is 4.50. The lowest BCUT2D eigenvalue weighted by Gasteiger charge is -2.28. The number of nitrogen functional groups attached to an aromatic ring is 2. The molecule has 6 rings (SSSR count). The standard InChI is InChI=1S/C39H40N8O5/c1-25(5-2-3-19-46-24-33(18-20-48)44-45-46)39(52)34-22-32(43-37(50)28-10-14-30(41)15-11-28)16-17-35(34)47(38(39)51)23-26-6-4-7-31(21-26)42-36(49)27-8-12-29(40)13-9-27/h2,4-17,21-22,24-25,48,52H,3,18-20,23,40-41H2,1H3,(H,42,49)(H,43,50)/b5-2+/t25-,39+/m0/s1. The SMILES string of the molecule is C[C@@H](/C=C/CCn1cc(CCO)nn1)[C@]1(O)C(=O)N(Cc2cccc(NC(=O)c3ccc(N)cc3)c2)c2ccc(NC(=O)c3ccc(N)cc3)cc21. The van der Waals surface area contributed by atoms with E-state index in [1.54, 1.807) is 109 Å². The molecule has 266 valence electrons. The largest absolute Gasteiger partial charge is 0.399 e. The molecule has 0 spiro atoms. The second kappa shape index (κ2) is 15.3. The molecule has 1 aromatic heterocycles. The van der Waals surface area contributed by atoms with Crippen molar-refractivity contribution in [3.63, 3.8) is 0 Å². The van der Waals surface area contributed by atoms with Crippen molar-refractivity contribution in [2.45, 2.75) is 38.5 Å². The van der Waals surface area contributed by atoms with Crippen LogP contribution in [-0.4, -0.2) is 49.5 Å². The monoisotopic (exact) mass is 700 g/mol. The van der Waals surface area contributed by atoms with Gasteiger partial charge in [-0.15, -0.1) is 5.10 Å². The third-order valence-corrected chi connectivity index (χ3v) is 8.96. The van der Waals surface area contributed by atoms with Crippen molar-refractivity contribution in [3.8, 4) is 0 Å². The van der Waals surface area contributed by atoms with Crippen LogP contribution in [0.4, 0.5) is 28.4 Å². The number of aryl methyl sites for hydroxylation is 1. The van der Waals surface area contributed by atoms with Gasteiger partial charge in [0.1, 0.15) is 0 Å². The fourth-order valence-electron chi connectivity index (χ4n) is 6.11. The summed E-state index contributed by atoms with van der Waals surface area (Å²) in [5.74, 6) is -1.87. The van der Waals surface area contributed by atoms with Crippen LogP contribution in [0, 0.1) is 5.92 Å². The number of rotatable bonds is 13. The van der Waals surface area contributed by atoms with Gasteiger partial charge in [0.15, 0.2) is 5.60 Å². The fraction of sp³-hybridized carbons (Fsp3) is 0.205. The van der Waals surface area contributed by atoms with Crippen LogP contribution in [0.2, 0.25) is 0 Å². The van der Waals surface area contributed by atoms with E-state index < -0.39 is 17.4 Å². The topological polar surface area (TPSA) is 202 Å². The van der Waals surface area contributed by atoms with Gasteiger partial charge in [0.2, 0.25) is 0 Å². The molecule has 0 aliphatic carbocycles. The number of allylic oxidation sites excluding steroid dienone is 1. The molecule has 5 aromatic rings. The van der Waals surface area contributed by atoms with Crippen molar-refractivity contribution in [1.82, 2.24) is 15.0 Å². The lowest BCUT2D eigenvalue weighted by molar-refractivity contribution is -0.139. The van der Waals surface area contributed by atoms with Gasteiger partial charge in [-0.3, -0.25) is 19.1 Å². The number of nitrogens with one attached hydrogen (secondary N) is 2. The molecule has 2 heterocycles. The number of hydrogen-bond donors (Lipinski definition) is 6. The summed E-state index contributed by atoms with van der Waals surface area (Å²) in [4.78, 5) is 41.8. The Balaban J connectivity index is 1.25. The van der Waals surface area contributed by atoms with Gasteiger partial charge in [-0.2, -0.15) is 0 Å². The molecule has 8 N–H and O–H groups in total. The van der Waals surface area contributed by atoms with Crippen molar-refractivity contribution in [3.05, 3.63) is 137 Å². The molecule has 1 aliphatic heterocycles. The lowest BCUT2D eigenvalue weighted by Crippen LogP contribution is -2.44. The summed E-state index contributed by atoms with van der Waals surface area (Å²) in [6.07, 6.45) is 6.42. The van der Waals surface area contributed by atoms with Crippen LogP contribution in [0.1, 0.15) is 50.9 Å². The Hall–Kier alpha value is -6.31. The van der Waals surface area contributed by atoms with Gasteiger partial charge in [-0.05, 0) is 90.8 Å². The highest BCUT2D eigenvalue weighted by Crippen LogP contribution is 2.47. The van der Waals surface area contributed by atoms with E-state index in [1.165, 1.54) is 4.90 Å². The molecule has 13 heteroatoms. The maximum atomic E-state index is 14.3. The Bertz CT molecular complexity index is 2110. The molecule has 0 fully saturated rings. The van der Waals surface area contributed by atoms with Gasteiger partial charge >= 0.3 is 0 Å². The molecule has 2 atom stereocenters. The lowest BCUT2D eigenvalue weighted by atomic mass is 9.82. The number of carbonyl (C=O) groups is 3. The first-order valence-electron chi connectivity index (χ1n) is 16.8. The van der Waals surface area contributed by atoms with Gasteiger partial charge in [0.05, 0.1) is 17.9 Å². The number of hydrogen-bond acceptors (Lipinski definition) is 9. The maximum absolute atomic E-state index is 14.3. The van der Waals surface area contributed by atoms with Crippen LogP contribution in [-0.2, 0) is 29.9 Å². The van der Waals surface area contributed by atoms with Crippen LogP contribution in [0.5, 0.6) is 0 Å². The molecule has 0 bridgehead atoms. The summed E-state index contributed by atoms with van der Waals surface area (Å²) in [5, 5.41) is 35.4. The molecule has 1 aliphatic rings. The van der Waals surface area contributed by atoms with Gasteiger partial charge in [-0.25, -0.2) is 0 Å². The molecule has 4 aromatic carbocycles. The fourth-order valence-corrected chi connectivity index (χ4v) is 6.11. The van der Waals surface area contributed by atoms with Gasteiger partial charge in [-0.1, -0.05) is 36.4 Å². The van der Waals surface area contributed by atoms with Crippen LogP contribution in [0.25, 0.3) is 0 Å². The Morgan fingerprint density at radius 1 is 0.904 bits per heavy atom. The zero-order valence-corrected chi connectivity index (χ0v) is 28.6. The number of nitrogens with two attached hydrogens (primary N) is 2. The van der Waals surface area contributed by atoms with E-state index in [0.717, 1.165) is 5.56 Å². The van der Waals surface area contributed by atoms with Crippen molar-refractivity contribution in [1.29, 1.82) is 0 Å². The summed E-state index contributed by atoms with van der Waals surface area (Å²) in [6.45, 7) is 2.38. The highest BCUT2D eigenvalue weighted by Gasteiger charge is 2.52. The van der Waals surface area contributed by atoms with E-state index in [1.807, 2.05) is 12.1 Å². The molecule has 0 saturated heterocycles. The molecule has 0 radical (unpaired) electrons. The van der Waals surface area contributed by atoms with E-state index in [-0.39, 0.29) is 25.0 Å². The smallest absolute Gasteiger partial charge is 0.264 e. The van der Waals surface area contributed by atoms with Crippen LogP contribution >= 0.6 is 0 Å². The Morgan fingerprint density at radius 2 is 1.54 bits per heavy atom. The number of aliphatic hydroxyl groups is 2. The molecular weight excluding hydrogens is 660 g/mol. The normalized spacial score (nSPS) is 15.8. The van der Waals surface area contributed by atoms with Crippen LogP contribution < -0.4 is 27.0 Å². The Kier molecular flexibility index (Phi) is 10.4. The first-order valence-corrected chi connectivity index (χ1v) is 16.8. The van der Waals surface area contributed by atoms with Gasteiger partial charge < -0.3 is 37.2 Å². The van der Waals surface area contributed by atoms with Crippen molar-refractivity contribution in [2.75, 3.05) is 33.6 Å². The minimum atomic E-state index is -1.96. The maximum Gasteiger partial charge on any atom is 0.264 e. The van der Waals surface area contributed by atoms with Crippen LogP contribution in [0.15, 0.2) is 109 Å². The van der Waals surface area contributed by atoms with E-state index in [4.69, 9.17) is 16.6 Å². The highest BCUT2D eigenvalue weighted by atomic mass is 16.3. The summed E-state index contributed by atoms with van der Waals surface area (Å²) in [7, 11) is 0. The Morgan fingerprint density at radius 3 is 2.17 bits per heavy atom. The third kappa shape index (κ3) is 7.70. The molecule has 52 heavy (non-hydrogen) atoms. The van der Waals surface area contributed by atoms with Gasteiger partial charge in [0.25, 0.3) is 17.7 Å². The van der Waals surface area contributed by atoms with E-state index >= 15 is 0 Å². The number of anilines is 5. The quantitative estimate of drug-likeness (QED) is 0.0756. The minimum absolute atomic E-state index is 0.0134. The minimum Gasteiger partial charge on any atom is -0.399 e. The summed E-state index contributed by atoms with van der Waals surface area (Å²) >= 11 is 0. The molecule has 0 saturated carbocycles. The van der Waals surface area contributed by atoms with Gasteiger partial charge in [0, 0.05) is 71.1 Å². The average Bonchev–Trinajstić information content (AvgIpc) is 3.67. The van der Waals surface area contributed by atoms with Crippen LogP contribution in [0.3, 0.4) is 0 Å². The number of nitrogens with zero attached hydrogens (tertiary/aromatic N) is 4. The summed E-state index contributed by atoms with van der Waals surface area (Å²) < 4.78 is 1.68. The molecule has 3 amide bonds.